The molecule has 0 aliphatic carbocycles. The standard InChI is InChI=1S/2C13H15NO2/c2*1-9-10-5-2-3-6-11(10)13(15)14-8-4-7-12(14)16-9/h2*2-3,5-6,9,12H,4,7-8H2,1H3/t2*9-,12-/m10/s1. The summed E-state index contributed by atoms with van der Waals surface area (Å²) in [6, 6.07) is 15.5. The first kappa shape index (κ1) is 21.2. The number of rotatable bonds is 0. The van der Waals surface area contributed by atoms with Gasteiger partial charge in [-0.25, -0.2) is 0 Å². The van der Waals surface area contributed by atoms with E-state index in [1.54, 1.807) is 0 Å². The third kappa shape index (κ3) is 3.71. The molecule has 2 fully saturated rings. The molecule has 2 aromatic rings. The molecule has 4 atom stereocenters. The Hall–Kier alpha value is -2.70. The summed E-state index contributed by atoms with van der Waals surface area (Å²) in [6.07, 6.45) is 4.00. The molecule has 4 aliphatic rings. The molecule has 0 bridgehead atoms. The van der Waals surface area contributed by atoms with Crippen LogP contribution in [-0.2, 0) is 9.47 Å². The van der Waals surface area contributed by atoms with E-state index in [-0.39, 0.29) is 36.5 Å². The van der Waals surface area contributed by atoms with Gasteiger partial charge in [-0.3, -0.25) is 9.59 Å². The normalized spacial score (nSPS) is 28.6. The molecule has 32 heavy (non-hydrogen) atoms. The molecular weight excluding hydrogens is 404 g/mol. The number of nitrogens with zero attached hydrogens (tertiary/aromatic N) is 2. The molecule has 0 radical (unpaired) electrons. The monoisotopic (exact) mass is 434 g/mol. The quantitative estimate of drug-likeness (QED) is 0.604. The number of carbonyl (C=O) groups is 2. The second-order valence-electron chi connectivity index (χ2n) is 8.92. The van der Waals surface area contributed by atoms with Gasteiger partial charge in [0.05, 0.1) is 12.2 Å². The Labute approximate surface area is 189 Å². The van der Waals surface area contributed by atoms with Crippen LogP contribution in [0.25, 0.3) is 0 Å². The van der Waals surface area contributed by atoms with E-state index in [9.17, 15) is 9.59 Å². The van der Waals surface area contributed by atoms with Gasteiger partial charge in [-0.2, -0.15) is 0 Å². The van der Waals surface area contributed by atoms with Gasteiger partial charge < -0.3 is 19.3 Å². The lowest BCUT2D eigenvalue weighted by atomic mass is 10.0. The number of hydrogen-bond acceptors (Lipinski definition) is 4. The lowest BCUT2D eigenvalue weighted by Crippen LogP contribution is -2.35. The fourth-order valence-electron chi connectivity index (χ4n) is 5.24. The van der Waals surface area contributed by atoms with Crippen LogP contribution < -0.4 is 0 Å². The molecule has 6 nitrogen and oxygen atoms in total. The molecule has 168 valence electrons. The third-order valence-electron chi connectivity index (χ3n) is 6.90. The van der Waals surface area contributed by atoms with Gasteiger partial charge in [0.1, 0.15) is 12.5 Å². The molecule has 6 rings (SSSR count). The van der Waals surface area contributed by atoms with Crippen LogP contribution in [0.5, 0.6) is 0 Å². The average molecular weight is 435 g/mol. The molecule has 2 amide bonds. The Morgan fingerprint density at radius 3 is 1.53 bits per heavy atom. The minimum atomic E-state index is -0.0186. The molecule has 0 N–H and O–H groups in total. The van der Waals surface area contributed by atoms with Crippen LogP contribution in [0.1, 0.15) is 83.6 Å². The summed E-state index contributed by atoms with van der Waals surface area (Å²) < 4.78 is 11.9. The van der Waals surface area contributed by atoms with E-state index in [0.29, 0.717) is 0 Å². The van der Waals surface area contributed by atoms with Crippen molar-refractivity contribution in [1.82, 2.24) is 9.80 Å². The van der Waals surface area contributed by atoms with E-state index in [1.807, 2.05) is 72.2 Å². The van der Waals surface area contributed by atoms with Crippen LogP contribution in [0.2, 0.25) is 0 Å². The van der Waals surface area contributed by atoms with E-state index in [4.69, 9.17) is 9.47 Å². The predicted molar refractivity (Wildman–Crippen MR) is 120 cm³/mol. The average Bonchev–Trinajstić information content (AvgIpc) is 3.44. The Bertz CT molecular complexity index is 941. The zero-order chi connectivity index (χ0) is 22.2. The van der Waals surface area contributed by atoms with Crippen LogP contribution in [-0.4, -0.2) is 47.2 Å². The zero-order valence-corrected chi connectivity index (χ0v) is 18.7. The number of hydrogen-bond donors (Lipinski definition) is 0. The van der Waals surface area contributed by atoms with Crippen molar-refractivity contribution >= 4 is 11.8 Å². The summed E-state index contributed by atoms with van der Waals surface area (Å²) in [5.41, 5.74) is 3.64. The third-order valence-corrected chi connectivity index (χ3v) is 6.90. The molecule has 0 aromatic heterocycles. The van der Waals surface area contributed by atoms with Gasteiger partial charge in [0, 0.05) is 24.2 Å². The minimum absolute atomic E-state index is 0.00764. The number of amides is 2. The Kier molecular flexibility index (Phi) is 5.74. The fraction of sp³-hybridized carbons (Fsp3) is 0.462. The molecule has 4 aliphatic heterocycles. The van der Waals surface area contributed by atoms with Gasteiger partial charge in [0.2, 0.25) is 0 Å². The molecular formula is C26H30N2O4. The van der Waals surface area contributed by atoms with Crippen molar-refractivity contribution in [3.63, 3.8) is 0 Å². The molecule has 6 heteroatoms. The topological polar surface area (TPSA) is 59.1 Å². The Morgan fingerprint density at radius 1 is 0.688 bits per heavy atom. The van der Waals surface area contributed by atoms with Gasteiger partial charge in [-0.05, 0) is 62.8 Å². The van der Waals surface area contributed by atoms with Crippen molar-refractivity contribution in [3.8, 4) is 0 Å². The minimum Gasteiger partial charge on any atom is -0.351 e. The van der Waals surface area contributed by atoms with Crippen LogP contribution in [0.15, 0.2) is 48.5 Å². The van der Waals surface area contributed by atoms with Gasteiger partial charge in [-0.1, -0.05) is 36.4 Å². The fourth-order valence-corrected chi connectivity index (χ4v) is 5.24. The summed E-state index contributed by atoms with van der Waals surface area (Å²) in [7, 11) is 0. The maximum atomic E-state index is 12.3. The highest BCUT2D eigenvalue weighted by Crippen LogP contribution is 2.34. The van der Waals surface area contributed by atoms with E-state index in [2.05, 4.69) is 0 Å². The van der Waals surface area contributed by atoms with E-state index in [0.717, 1.165) is 61.0 Å². The maximum absolute atomic E-state index is 12.3. The van der Waals surface area contributed by atoms with Crippen molar-refractivity contribution in [2.45, 2.75) is 64.2 Å². The number of ether oxygens (including phenoxy) is 2. The van der Waals surface area contributed by atoms with Crippen molar-refractivity contribution in [2.24, 2.45) is 0 Å². The van der Waals surface area contributed by atoms with E-state index >= 15 is 0 Å². The van der Waals surface area contributed by atoms with Gasteiger partial charge in [-0.15, -0.1) is 0 Å². The second kappa shape index (κ2) is 8.68. The molecule has 2 aromatic carbocycles. The largest absolute Gasteiger partial charge is 0.351 e. The second-order valence-corrected chi connectivity index (χ2v) is 8.92. The van der Waals surface area contributed by atoms with Crippen molar-refractivity contribution in [2.75, 3.05) is 13.1 Å². The van der Waals surface area contributed by atoms with E-state index < -0.39 is 0 Å². The molecule has 0 unspecified atom stereocenters. The summed E-state index contributed by atoms with van der Waals surface area (Å²) in [5, 5.41) is 0. The van der Waals surface area contributed by atoms with Gasteiger partial charge in [0.15, 0.2) is 0 Å². The highest BCUT2D eigenvalue weighted by Gasteiger charge is 2.37. The summed E-state index contributed by atoms with van der Waals surface area (Å²) in [6.45, 7) is 5.69. The highest BCUT2D eigenvalue weighted by atomic mass is 16.5. The summed E-state index contributed by atoms with van der Waals surface area (Å²) >= 11 is 0. The first-order valence-electron chi connectivity index (χ1n) is 11.7. The van der Waals surface area contributed by atoms with Crippen LogP contribution in [0.3, 0.4) is 0 Å². The lowest BCUT2D eigenvalue weighted by Gasteiger charge is -2.22. The highest BCUT2D eigenvalue weighted by molar-refractivity contribution is 5.97. The molecule has 0 saturated carbocycles. The first-order valence-corrected chi connectivity index (χ1v) is 11.7. The van der Waals surface area contributed by atoms with Crippen molar-refractivity contribution in [3.05, 3.63) is 70.8 Å². The number of benzene rings is 2. The molecule has 4 heterocycles. The Morgan fingerprint density at radius 2 is 1.09 bits per heavy atom. The van der Waals surface area contributed by atoms with E-state index in [1.165, 1.54) is 0 Å². The summed E-state index contributed by atoms with van der Waals surface area (Å²) in [4.78, 5) is 28.3. The van der Waals surface area contributed by atoms with Crippen molar-refractivity contribution in [1.29, 1.82) is 0 Å². The SMILES string of the molecule is C[C@@H]1O[C@H]2CCCN2C(=O)c2ccccc21.C[C@H]1O[C@@H]2CCCN2C(=O)c2ccccc21. The smallest absolute Gasteiger partial charge is 0.256 e. The van der Waals surface area contributed by atoms with Crippen molar-refractivity contribution < 1.29 is 19.1 Å². The summed E-state index contributed by atoms with van der Waals surface area (Å²) in [5.74, 6) is 0.255. The maximum Gasteiger partial charge on any atom is 0.256 e. The first-order chi connectivity index (χ1) is 15.5. The van der Waals surface area contributed by atoms with Gasteiger partial charge >= 0.3 is 0 Å². The number of carbonyl (C=O) groups excluding carboxylic acids is 2. The molecule has 2 saturated heterocycles. The predicted octanol–water partition coefficient (Wildman–Crippen LogP) is 4.68. The van der Waals surface area contributed by atoms with Gasteiger partial charge in [0.25, 0.3) is 11.8 Å². The van der Waals surface area contributed by atoms with Crippen LogP contribution in [0.4, 0.5) is 0 Å². The molecule has 0 spiro atoms. The van der Waals surface area contributed by atoms with Crippen LogP contribution in [0, 0.1) is 0 Å². The number of fused-ring (bicyclic) bond motifs is 4. The van der Waals surface area contributed by atoms with Crippen LogP contribution >= 0.6 is 0 Å². The lowest BCUT2D eigenvalue weighted by molar-refractivity contribution is -0.0577. The zero-order valence-electron chi connectivity index (χ0n) is 18.7. The Balaban J connectivity index is 0.000000135.